The van der Waals surface area contributed by atoms with Crippen molar-refractivity contribution in [2.75, 3.05) is 13.7 Å². The molecule has 2 amide bonds. The van der Waals surface area contributed by atoms with Crippen LogP contribution in [0.1, 0.15) is 16.1 Å². The topological polar surface area (TPSA) is 89.8 Å². The van der Waals surface area contributed by atoms with Gasteiger partial charge in [0.1, 0.15) is 17.1 Å². The zero-order chi connectivity index (χ0) is 18.5. The fourth-order valence-corrected chi connectivity index (χ4v) is 2.43. The molecule has 2 aromatic carbocycles. The van der Waals surface area contributed by atoms with Crippen LogP contribution in [0.2, 0.25) is 0 Å². The highest BCUT2D eigenvalue weighted by Crippen LogP contribution is 2.24. The lowest BCUT2D eigenvalue weighted by atomic mass is 10.1. The highest BCUT2D eigenvalue weighted by Gasteiger charge is 2.17. The van der Waals surface area contributed by atoms with E-state index in [1.807, 2.05) is 18.2 Å². The molecule has 134 valence electrons. The Bertz CT molecular complexity index is 931. The summed E-state index contributed by atoms with van der Waals surface area (Å²) in [7, 11) is 1.57. The summed E-state index contributed by atoms with van der Waals surface area (Å²) in [6, 6.07) is 14.1. The monoisotopic (exact) mass is 354 g/mol. The SMILES string of the molecule is COc1ccc(OCC(=O)NNC(=O)c2oc3ccccc3c2C)cc1. The van der Waals surface area contributed by atoms with E-state index in [-0.39, 0.29) is 12.4 Å². The number of benzene rings is 2. The van der Waals surface area contributed by atoms with Gasteiger partial charge in [0, 0.05) is 10.9 Å². The van der Waals surface area contributed by atoms with Crippen LogP contribution in [0.4, 0.5) is 0 Å². The lowest BCUT2D eigenvalue weighted by Gasteiger charge is -2.08. The average Bonchev–Trinajstić information content (AvgIpc) is 3.02. The van der Waals surface area contributed by atoms with E-state index in [4.69, 9.17) is 13.9 Å². The summed E-state index contributed by atoms with van der Waals surface area (Å²) in [6.07, 6.45) is 0. The second-order valence-corrected chi connectivity index (χ2v) is 5.52. The minimum absolute atomic E-state index is 0.155. The van der Waals surface area contributed by atoms with Crippen molar-refractivity contribution in [2.24, 2.45) is 0 Å². The molecule has 0 atom stereocenters. The molecule has 3 rings (SSSR count). The summed E-state index contributed by atoms with van der Waals surface area (Å²) in [6.45, 7) is 1.54. The number of hydrazine groups is 1. The fourth-order valence-electron chi connectivity index (χ4n) is 2.43. The lowest BCUT2D eigenvalue weighted by Crippen LogP contribution is -2.43. The van der Waals surface area contributed by atoms with Crippen LogP contribution in [0.15, 0.2) is 52.9 Å². The number of ether oxygens (including phenoxy) is 2. The Hall–Kier alpha value is -3.48. The third-order valence-corrected chi connectivity index (χ3v) is 3.79. The van der Waals surface area contributed by atoms with Gasteiger partial charge in [0.05, 0.1) is 7.11 Å². The zero-order valence-corrected chi connectivity index (χ0v) is 14.4. The summed E-state index contributed by atoms with van der Waals surface area (Å²) in [5.74, 6) is 0.331. The van der Waals surface area contributed by atoms with E-state index < -0.39 is 11.8 Å². The first kappa shape index (κ1) is 17.3. The molecule has 0 saturated heterocycles. The molecule has 0 bridgehead atoms. The maximum absolute atomic E-state index is 12.2. The highest BCUT2D eigenvalue weighted by molar-refractivity contribution is 5.99. The number of fused-ring (bicyclic) bond motifs is 1. The Morgan fingerprint density at radius 3 is 2.38 bits per heavy atom. The van der Waals surface area contributed by atoms with Gasteiger partial charge in [0.2, 0.25) is 0 Å². The summed E-state index contributed by atoms with van der Waals surface area (Å²) >= 11 is 0. The number of amides is 2. The Morgan fingerprint density at radius 2 is 1.69 bits per heavy atom. The summed E-state index contributed by atoms with van der Waals surface area (Å²) in [4.78, 5) is 24.0. The Balaban J connectivity index is 1.53. The van der Waals surface area contributed by atoms with E-state index in [1.165, 1.54) is 0 Å². The Kier molecular flexibility index (Phi) is 5.07. The second-order valence-electron chi connectivity index (χ2n) is 5.52. The van der Waals surface area contributed by atoms with Crippen LogP contribution < -0.4 is 20.3 Å². The Labute approximate surface area is 149 Å². The summed E-state index contributed by atoms with van der Waals surface area (Å²) in [5, 5.41) is 0.854. The number of carbonyl (C=O) groups excluding carboxylic acids is 2. The van der Waals surface area contributed by atoms with Crippen molar-refractivity contribution in [3.8, 4) is 11.5 Å². The van der Waals surface area contributed by atoms with Gasteiger partial charge in [-0.1, -0.05) is 18.2 Å². The molecule has 3 aromatic rings. The number of hydrogen-bond donors (Lipinski definition) is 2. The second kappa shape index (κ2) is 7.60. The van der Waals surface area contributed by atoms with Gasteiger partial charge in [-0.2, -0.15) is 0 Å². The van der Waals surface area contributed by atoms with Crippen LogP contribution in [-0.4, -0.2) is 25.5 Å². The number of aryl methyl sites for hydroxylation is 1. The predicted octanol–water partition coefficient (Wildman–Crippen LogP) is 2.59. The van der Waals surface area contributed by atoms with Crippen molar-refractivity contribution in [3.63, 3.8) is 0 Å². The van der Waals surface area contributed by atoms with Crippen LogP contribution >= 0.6 is 0 Å². The third kappa shape index (κ3) is 3.77. The van der Waals surface area contributed by atoms with Crippen molar-refractivity contribution >= 4 is 22.8 Å². The van der Waals surface area contributed by atoms with Crippen molar-refractivity contribution in [2.45, 2.75) is 6.92 Å². The largest absolute Gasteiger partial charge is 0.497 e. The van der Waals surface area contributed by atoms with E-state index in [0.717, 1.165) is 5.39 Å². The number of methoxy groups -OCH3 is 1. The third-order valence-electron chi connectivity index (χ3n) is 3.79. The maximum atomic E-state index is 12.2. The molecule has 1 aromatic heterocycles. The molecule has 0 aliphatic carbocycles. The Morgan fingerprint density at radius 1 is 1.00 bits per heavy atom. The average molecular weight is 354 g/mol. The minimum Gasteiger partial charge on any atom is -0.497 e. The first-order valence-corrected chi connectivity index (χ1v) is 7.92. The number of carbonyl (C=O) groups is 2. The van der Waals surface area contributed by atoms with Crippen molar-refractivity contribution < 1.29 is 23.5 Å². The number of rotatable bonds is 5. The van der Waals surface area contributed by atoms with Gasteiger partial charge in [0.25, 0.3) is 5.91 Å². The first-order valence-electron chi connectivity index (χ1n) is 7.92. The summed E-state index contributed by atoms with van der Waals surface area (Å²) in [5.41, 5.74) is 5.95. The minimum atomic E-state index is -0.531. The molecule has 2 N–H and O–H groups in total. The van der Waals surface area contributed by atoms with Gasteiger partial charge in [-0.3, -0.25) is 20.4 Å². The molecule has 7 nitrogen and oxygen atoms in total. The van der Waals surface area contributed by atoms with Gasteiger partial charge < -0.3 is 13.9 Å². The van der Waals surface area contributed by atoms with E-state index in [1.54, 1.807) is 44.4 Å². The van der Waals surface area contributed by atoms with Gasteiger partial charge in [-0.25, -0.2) is 0 Å². The van der Waals surface area contributed by atoms with Crippen molar-refractivity contribution in [1.29, 1.82) is 0 Å². The quantitative estimate of drug-likeness (QED) is 0.688. The smallest absolute Gasteiger partial charge is 0.305 e. The molecular formula is C19H18N2O5. The van der Waals surface area contributed by atoms with Gasteiger partial charge in [-0.05, 0) is 37.3 Å². The predicted molar refractivity (Wildman–Crippen MR) is 95.0 cm³/mol. The van der Waals surface area contributed by atoms with E-state index >= 15 is 0 Å². The van der Waals surface area contributed by atoms with Crippen LogP contribution in [0.5, 0.6) is 11.5 Å². The molecule has 0 spiro atoms. The van der Waals surface area contributed by atoms with E-state index in [0.29, 0.717) is 22.6 Å². The first-order chi connectivity index (χ1) is 12.6. The molecule has 0 aliphatic heterocycles. The normalized spacial score (nSPS) is 10.4. The van der Waals surface area contributed by atoms with Crippen molar-refractivity contribution in [1.82, 2.24) is 10.9 Å². The number of para-hydroxylation sites is 1. The fraction of sp³-hybridized carbons (Fsp3) is 0.158. The molecule has 0 radical (unpaired) electrons. The molecule has 0 fully saturated rings. The van der Waals surface area contributed by atoms with E-state index in [2.05, 4.69) is 10.9 Å². The lowest BCUT2D eigenvalue weighted by molar-refractivity contribution is -0.123. The molecule has 26 heavy (non-hydrogen) atoms. The van der Waals surface area contributed by atoms with Crippen LogP contribution in [0.25, 0.3) is 11.0 Å². The molecule has 0 saturated carbocycles. The van der Waals surface area contributed by atoms with Crippen LogP contribution in [0, 0.1) is 6.92 Å². The number of hydrogen-bond acceptors (Lipinski definition) is 5. The molecule has 7 heteroatoms. The van der Waals surface area contributed by atoms with Crippen LogP contribution in [0.3, 0.4) is 0 Å². The molecule has 0 unspecified atom stereocenters. The van der Waals surface area contributed by atoms with E-state index in [9.17, 15) is 9.59 Å². The summed E-state index contributed by atoms with van der Waals surface area (Å²) < 4.78 is 15.9. The number of furan rings is 1. The van der Waals surface area contributed by atoms with Gasteiger partial charge in [-0.15, -0.1) is 0 Å². The molecular weight excluding hydrogens is 336 g/mol. The zero-order valence-electron chi connectivity index (χ0n) is 14.4. The van der Waals surface area contributed by atoms with Crippen molar-refractivity contribution in [3.05, 3.63) is 59.9 Å². The van der Waals surface area contributed by atoms with Gasteiger partial charge >= 0.3 is 5.91 Å². The number of nitrogens with one attached hydrogen (secondary N) is 2. The maximum Gasteiger partial charge on any atom is 0.305 e. The molecule has 1 heterocycles. The van der Waals surface area contributed by atoms with Crippen LogP contribution in [-0.2, 0) is 4.79 Å². The highest BCUT2D eigenvalue weighted by atomic mass is 16.5. The standard InChI is InChI=1S/C19H18N2O5/c1-12-15-5-3-4-6-16(15)26-18(12)19(23)21-20-17(22)11-25-14-9-7-13(24-2)8-10-14/h3-10H,11H2,1-2H3,(H,20,22)(H,21,23). The molecule has 0 aliphatic rings. The van der Waals surface area contributed by atoms with Gasteiger partial charge in [0.15, 0.2) is 12.4 Å².